The van der Waals surface area contributed by atoms with Crippen LogP contribution >= 0.6 is 0 Å². The van der Waals surface area contributed by atoms with Crippen molar-refractivity contribution in [2.75, 3.05) is 13.1 Å². The molecule has 1 spiro atoms. The highest BCUT2D eigenvalue weighted by Crippen LogP contribution is 2.49. The monoisotopic (exact) mass is 315 g/mol. The highest BCUT2D eigenvalue weighted by atomic mass is 19.1. The maximum absolute atomic E-state index is 13.9. The number of amidine groups is 1. The van der Waals surface area contributed by atoms with Gasteiger partial charge in [0.2, 0.25) is 0 Å². The third-order valence-corrected chi connectivity index (χ3v) is 5.70. The van der Waals surface area contributed by atoms with E-state index in [0.29, 0.717) is 12.5 Å². The fourth-order valence-electron chi connectivity index (χ4n) is 4.53. The lowest BCUT2D eigenvalue weighted by atomic mass is 9.85. The molecule has 5 heteroatoms. The zero-order valence-electron chi connectivity index (χ0n) is 13.4. The number of rotatable bonds is 3. The van der Waals surface area contributed by atoms with E-state index in [1.54, 1.807) is 6.07 Å². The number of fused-ring (bicyclic) bond motifs is 2. The summed E-state index contributed by atoms with van der Waals surface area (Å²) in [6, 6.07) is 6.94. The van der Waals surface area contributed by atoms with E-state index in [0.717, 1.165) is 43.8 Å². The summed E-state index contributed by atoms with van der Waals surface area (Å²) in [5.74, 6) is 1.51. The summed E-state index contributed by atoms with van der Waals surface area (Å²) < 4.78 is 13.9. The molecule has 4 nitrogen and oxygen atoms in total. The average molecular weight is 315 g/mol. The van der Waals surface area contributed by atoms with Crippen LogP contribution in [0.5, 0.6) is 0 Å². The standard InChI is InChI=1S/C18H22FN3O/c1-2-16-20-17(23)18(21-16)8-7-12-9-22(11-14(12)18)10-13-5-3-4-6-15(13)19/h3-6,12,14H,2,7-11H2,1H3,(H,20,21,23)/t12-,14+,18-/m1/s1. The van der Waals surface area contributed by atoms with Gasteiger partial charge in [0.15, 0.2) is 0 Å². The van der Waals surface area contributed by atoms with Crippen molar-refractivity contribution in [3.05, 3.63) is 35.6 Å². The maximum atomic E-state index is 13.9. The summed E-state index contributed by atoms with van der Waals surface area (Å²) in [5.41, 5.74) is 0.176. The molecule has 0 bridgehead atoms. The molecule has 1 aliphatic carbocycles. The minimum absolute atomic E-state index is 0.0783. The molecule has 2 heterocycles. The van der Waals surface area contributed by atoms with Crippen molar-refractivity contribution in [1.82, 2.24) is 10.2 Å². The summed E-state index contributed by atoms with van der Waals surface area (Å²) >= 11 is 0. The molecule has 0 unspecified atom stereocenters. The van der Waals surface area contributed by atoms with Crippen molar-refractivity contribution < 1.29 is 9.18 Å². The van der Waals surface area contributed by atoms with Gasteiger partial charge in [-0.05, 0) is 24.8 Å². The van der Waals surface area contributed by atoms with Gasteiger partial charge in [0, 0.05) is 37.5 Å². The molecule has 2 fully saturated rings. The second-order valence-corrected chi connectivity index (χ2v) is 6.98. The lowest BCUT2D eigenvalue weighted by Gasteiger charge is -2.25. The Morgan fingerprint density at radius 1 is 1.39 bits per heavy atom. The van der Waals surface area contributed by atoms with Crippen LogP contribution in [0.15, 0.2) is 29.3 Å². The van der Waals surface area contributed by atoms with E-state index < -0.39 is 5.54 Å². The molecule has 1 amide bonds. The second-order valence-electron chi connectivity index (χ2n) is 6.98. The van der Waals surface area contributed by atoms with Crippen LogP contribution in [0.1, 0.15) is 31.7 Å². The van der Waals surface area contributed by atoms with E-state index >= 15 is 0 Å². The van der Waals surface area contributed by atoms with Gasteiger partial charge in [0.05, 0.1) is 0 Å². The van der Waals surface area contributed by atoms with Gasteiger partial charge in [-0.25, -0.2) is 4.39 Å². The molecule has 3 atom stereocenters. The predicted molar refractivity (Wildman–Crippen MR) is 86.5 cm³/mol. The summed E-state index contributed by atoms with van der Waals surface area (Å²) in [4.78, 5) is 19.6. The number of hydrogen-bond acceptors (Lipinski definition) is 3. The average Bonchev–Trinajstić information content (AvgIpc) is 3.18. The largest absolute Gasteiger partial charge is 0.312 e. The van der Waals surface area contributed by atoms with Gasteiger partial charge in [0.25, 0.3) is 5.91 Å². The molecule has 23 heavy (non-hydrogen) atoms. The maximum Gasteiger partial charge on any atom is 0.253 e. The van der Waals surface area contributed by atoms with Gasteiger partial charge in [0.1, 0.15) is 17.2 Å². The Balaban J connectivity index is 1.53. The lowest BCUT2D eigenvalue weighted by Crippen LogP contribution is -2.44. The summed E-state index contributed by atoms with van der Waals surface area (Å²) in [7, 11) is 0. The van der Waals surface area contributed by atoms with Gasteiger partial charge in [-0.1, -0.05) is 25.1 Å². The normalized spacial score (nSPS) is 33.1. The van der Waals surface area contributed by atoms with Gasteiger partial charge in [-0.15, -0.1) is 0 Å². The van der Waals surface area contributed by atoms with E-state index in [4.69, 9.17) is 4.99 Å². The first kappa shape index (κ1) is 14.8. The zero-order chi connectivity index (χ0) is 16.0. The van der Waals surface area contributed by atoms with Crippen LogP contribution < -0.4 is 5.32 Å². The molecule has 1 N–H and O–H groups in total. The predicted octanol–water partition coefficient (Wildman–Crippen LogP) is 2.34. The van der Waals surface area contributed by atoms with E-state index in [1.165, 1.54) is 6.07 Å². The van der Waals surface area contributed by atoms with Crippen LogP contribution in [-0.2, 0) is 11.3 Å². The minimum Gasteiger partial charge on any atom is -0.312 e. The van der Waals surface area contributed by atoms with E-state index in [1.807, 2.05) is 19.1 Å². The SMILES string of the molecule is CCC1=N[C@@]2(CC[C@@H]3CN(Cc4ccccc4F)C[C@@H]32)C(=O)N1. The number of aliphatic imine (C=N–C) groups is 1. The first-order valence-electron chi connectivity index (χ1n) is 8.48. The Kier molecular flexibility index (Phi) is 3.48. The third kappa shape index (κ3) is 2.29. The molecule has 1 saturated carbocycles. The van der Waals surface area contributed by atoms with Crippen molar-refractivity contribution in [1.29, 1.82) is 0 Å². The Labute approximate surface area is 135 Å². The topological polar surface area (TPSA) is 44.7 Å². The fourth-order valence-corrected chi connectivity index (χ4v) is 4.53. The van der Waals surface area contributed by atoms with Crippen LogP contribution in [0.3, 0.4) is 0 Å². The highest BCUT2D eigenvalue weighted by molar-refractivity contribution is 6.08. The Hall–Kier alpha value is -1.75. The Morgan fingerprint density at radius 3 is 2.96 bits per heavy atom. The number of likely N-dealkylation sites (tertiary alicyclic amines) is 1. The van der Waals surface area contributed by atoms with Crippen LogP contribution in [-0.4, -0.2) is 35.3 Å². The Morgan fingerprint density at radius 2 is 2.22 bits per heavy atom. The summed E-state index contributed by atoms with van der Waals surface area (Å²) in [5, 5.41) is 2.96. The quantitative estimate of drug-likeness (QED) is 0.930. The molecule has 2 aliphatic heterocycles. The molecule has 1 aromatic carbocycles. The van der Waals surface area contributed by atoms with Crippen molar-refractivity contribution in [3.63, 3.8) is 0 Å². The van der Waals surface area contributed by atoms with Crippen LogP contribution in [0.2, 0.25) is 0 Å². The van der Waals surface area contributed by atoms with Gasteiger partial charge >= 0.3 is 0 Å². The molecule has 0 aromatic heterocycles. The summed E-state index contributed by atoms with van der Waals surface area (Å²) in [6.45, 7) is 4.39. The van der Waals surface area contributed by atoms with Crippen LogP contribution in [0.4, 0.5) is 4.39 Å². The third-order valence-electron chi connectivity index (χ3n) is 5.70. The molecule has 0 radical (unpaired) electrons. The van der Waals surface area contributed by atoms with Crippen LogP contribution in [0.25, 0.3) is 0 Å². The number of benzene rings is 1. The highest BCUT2D eigenvalue weighted by Gasteiger charge is 2.58. The molecule has 1 saturated heterocycles. The first-order chi connectivity index (χ1) is 11.1. The number of carbonyl (C=O) groups excluding carboxylic acids is 1. The van der Waals surface area contributed by atoms with Crippen molar-refractivity contribution in [2.24, 2.45) is 16.8 Å². The van der Waals surface area contributed by atoms with E-state index in [9.17, 15) is 9.18 Å². The van der Waals surface area contributed by atoms with Gasteiger partial charge in [-0.3, -0.25) is 14.7 Å². The molecular formula is C18H22FN3O. The smallest absolute Gasteiger partial charge is 0.253 e. The number of nitrogens with zero attached hydrogens (tertiary/aromatic N) is 2. The number of halogens is 1. The van der Waals surface area contributed by atoms with Crippen LogP contribution in [0, 0.1) is 17.7 Å². The first-order valence-corrected chi connectivity index (χ1v) is 8.48. The number of nitrogens with one attached hydrogen (secondary N) is 1. The van der Waals surface area contributed by atoms with Crippen molar-refractivity contribution >= 4 is 11.7 Å². The number of hydrogen-bond donors (Lipinski definition) is 1. The molecule has 1 aromatic rings. The second kappa shape index (κ2) is 5.41. The Bertz CT molecular complexity index is 674. The molecule has 122 valence electrons. The molecule has 3 aliphatic rings. The van der Waals surface area contributed by atoms with E-state index in [2.05, 4.69) is 10.2 Å². The van der Waals surface area contributed by atoms with Crippen molar-refractivity contribution in [3.8, 4) is 0 Å². The number of amides is 1. The molecular weight excluding hydrogens is 293 g/mol. The van der Waals surface area contributed by atoms with Gasteiger partial charge < -0.3 is 5.32 Å². The fraction of sp³-hybridized carbons (Fsp3) is 0.556. The zero-order valence-corrected chi connectivity index (χ0v) is 13.4. The minimum atomic E-state index is -0.556. The van der Waals surface area contributed by atoms with Crippen molar-refractivity contribution in [2.45, 2.75) is 38.3 Å². The van der Waals surface area contributed by atoms with E-state index in [-0.39, 0.29) is 17.6 Å². The lowest BCUT2D eigenvalue weighted by molar-refractivity contribution is -0.125. The van der Waals surface area contributed by atoms with Gasteiger partial charge in [-0.2, -0.15) is 0 Å². The number of carbonyl (C=O) groups is 1. The molecule has 4 rings (SSSR count). The summed E-state index contributed by atoms with van der Waals surface area (Å²) in [6.07, 6.45) is 2.65.